The normalized spacial score (nSPS) is 11.8. The SMILES string of the molecule is CC(C)(C)C(=O)NCCc1csc2nc(-c3cccc(F)c3)nn12. The molecule has 1 aromatic carbocycles. The fourth-order valence-electron chi connectivity index (χ4n) is 2.22. The van der Waals surface area contributed by atoms with Gasteiger partial charge in [0.15, 0.2) is 5.82 Å². The molecular formula is C17H19FN4OS. The van der Waals surface area contributed by atoms with Crippen molar-refractivity contribution in [2.75, 3.05) is 6.54 Å². The molecule has 0 saturated heterocycles. The van der Waals surface area contributed by atoms with E-state index in [9.17, 15) is 9.18 Å². The third-order valence-electron chi connectivity index (χ3n) is 3.58. The van der Waals surface area contributed by atoms with Crippen molar-refractivity contribution in [3.05, 3.63) is 41.2 Å². The molecule has 0 bridgehead atoms. The molecule has 7 heteroatoms. The fraction of sp³-hybridized carbons (Fsp3) is 0.353. The Hall–Kier alpha value is -2.28. The Labute approximate surface area is 143 Å². The molecule has 3 rings (SSSR count). The highest BCUT2D eigenvalue weighted by atomic mass is 32.1. The molecule has 0 saturated carbocycles. The maximum Gasteiger partial charge on any atom is 0.225 e. The van der Waals surface area contributed by atoms with E-state index in [0.29, 0.717) is 24.4 Å². The van der Waals surface area contributed by atoms with Gasteiger partial charge in [0.2, 0.25) is 10.9 Å². The minimum atomic E-state index is -0.401. The van der Waals surface area contributed by atoms with Crippen molar-refractivity contribution in [1.82, 2.24) is 19.9 Å². The van der Waals surface area contributed by atoms with Gasteiger partial charge in [-0.15, -0.1) is 16.4 Å². The van der Waals surface area contributed by atoms with Crippen LogP contribution in [0.1, 0.15) is 26.5 Å². The first kappa shape index (κ1) is 16.6. The minimum Gasteiger partial charge on any atom is -0.355 e. The van der Waals surface area contributed by atoms with Gasteiger partial charge in [-0.05, 0) is 12.1 Å². The topological polar surface area (TPSA) is 59.3 Å². The Morgan fingerprint density at radius 1 is 1.38 bits per heavy atom. The highest BCUT2D eigenvalue weighted by molar-refractivity contribution is 7.15. The molecule has 0 atom stereocenters. The summed E-state index contributed by atoms with van der Waals surface area (Å²) in [6.07, 6.45) is 0.660. The zero-order chi connectivity index (χ0) is 17.3. The summed E-state index contributed by atoms with van der Waals surface area (Å²) in [5, 5.41) is 9.37. The maximum atomic E-state index is 13.4. The summed E-state index contributed by atoms with van der Waals surface area (Å²) in [5.41, 5.74) is 1.22. The van der Waals surface area contributed by atoms with Gasteiger partial charge in [-0.2, -0.15) is 4.98 Å². The summed E-state index contributed by atoms with van der Waals surface area (Å²) in [6, 6.07) is 6.24. The van der Waals surface area contributed by atoms with Gasteiger partial charge in [-0.3, -0.25) is 4.79 Å². The largest absolute Gasteiger partial charge is 0.355 e. The molecule has 24 heavy (non-hydrogen) atoms. The molecule has 0 fully saturated rings. The van der Waals surface area contributed by atoms with E-state index in [1.54, 1.807) is 16.6 Å². The van der Waals surface area contributed by atoms with Crippen molar-refractivity contribution in [2.45, 2.75) is 27.2 Å². The van der Waals surface area contributed by atoms with Crippen LogP contribution in [0.2, 0.25) is 0 Å². The zero-order valence-electron chi connectivity index (χ0n) is 13.8. The lowest BCUT2D eigenvalue weighted by atomic mass is 9.96. The Bertz CT molecular complexity index is 878. The van der Waals surface area contributed by atoms with Crippen molar-refractivity contribution >= 4 is 22.2 Å². The Kier molecular flexibility index (Phi) is 4.36. The summed E-state index contributed by atoms with van der Waals surface area (Å²) in [4.78, 5) is 17.1. The number of hydrogen-bond acceptors (Lipinski definition) is 4. The number of aromatic nitrogens is 3. The number of halogens is 1. The van der Waals surface area contributed by atoms with Crippen LogP contribution in [0.5, 0.6) is 0 Å². The molecule has 5 nitrogen and oxygen atoms in total. The van der Waals surface area contributed by atoms with Crippen LogP contribution < -0.4 is 5.32 Å². The number of carbonyl (C=O) groups is 1. The van der Waals surface area contributed by atoms with Crippen LogP contribution in [0, 0.1) is 11.2 Å². The van der Waals surface area contributed by atoms with Gasteiger partial charge >= 0.3 is 0 Å². The lowest BCUT2D eigenvalue weighted by Crippen LogP contribution is -2.36. The predicted octanol–water partition coefficient (Wildman–Crippen LogP) is 3.30. The van der Waals surface area contributed by atoms with Gasteiger partial charge in [0.1, 0.15) is 5.82 Å². The summed E-state index contributed by atoms with van der Waals surface area (Å²) in [7, 11) is 0. The minimum absolute atomic E-state index is 0.0213. The smallest absolute Gasteiger partial charge is 0.225 e. The third-order valence-corrected chi connectivity index (χ3v) is 4.45. The second kappa shape index (κ2) is 6.32. The molecule has 1 N–H and O–H groups in total. The van der Waals surface area contributed by atoms with Crippen LogP contribution in [-0.2, 0) is 11.2 Å². The molecule has 0 unspecified atom stereocenters. The number of carbonyl (C=O) groups excluding carboxylic acids is 1. The molecule has 0 aliphatic heterocycles. The van der Waals surface area contributed by atoms with Gasteiger partial charge in [0, 0.05) is 29.3 Å². The van der Waals surface area contributed by atoms with Crippen molar-refractivity contribution in [3.8, 4) is 11.4 Å². The highest BCUT2D eigenvalue weighted by Gasteiger charge is 2.20. The van der Waals surface area contributed by atoms with Crippen molar-refractivity contribution < 1.29 is 9.18 Å². The average Bonchev–Trinajstić information content (AvgIpc) is 3.08. The van der Waals surface area contributed by atoms with Gasteiger partial charge < -0.3 is 5.32 Å². The number of thiazole rings is 1. The molecule has 2 aromatic heterocycles. The number of nitrogens with zero attached hydrogens (tertiary/aromatic N) is 3. The molecule has 2 heterocycles. The summed E-state index contributed by atoms with van der Waals surface area (Å²) in [5.74, 6) is 0.213. The van der Waals surface area contributed by atoms with Crippen LogP contribution in [0.15, 0.2) is 29.6 Å². The second-order valence-electron chi connectivity index (χ2n) is 6.62. The van der Waals surface area contributed by atoms with Crippen molar-refractivity contribution in [1.29, 1.82) is 0 Å². The summed E-state index contributed by atoms with van der Waals surface area (Å²) >= 11 is 1.48. The zero-order valence-corrected chi connectivity index (χ0v) is 14.7. The molecular weight excluding hydrogens is 327 g/mol. The lowest BCUT2D eigenvalue weighted by Gasteiger charge is -2.17. The van der Waals surface area contributed by atoms with Crippen LogP contribution in [0.4, 0.5) is 4.39 Å². The van der Waals surface area contributed by atoms with Crippen LogP contribution in [0.25, 0.3) is 16.3 Å². The fourth-order valence-corrected chi connectivity index (χ4v) is 3.07. The van der Waals surface area contributed by atoms with E-state index in [4.69, 9.17) is 0 Å². The second-order valence-corrected chi connectivity index (χ2v) is 7.46. The molecule has 0 spiro atoms. The van der Waals surface area contributed by atoms with E-state index in [2.05, 4.69) is 15.4 Å². The van der Waals surface area contributed by atoms with E-state index in [-0.39, 0.29) is 11.7 Å². The number of rotatable bonds is 4. The van der Waals surface area contributed by atoms with Crippen LogP contribution >= 0.6 is 11.3 Å². The quantitative estimate of drug-likeness (QED) is 0.788. The third kappa shape index (κ3) is 3.46. The Balaban J connectivity index is 1.75. The van der Waals surface area contributed by atoms with Crippen LogP contribution in [-0.4, -0.2) is 27.0 Å². The van der Waals surface area contributed by atoms with Crippen LogP contribution in [0.3, 0.4) is 0 Å². The molecule has 1 amide bonds. The molecule has 0 aliphatic rings. The standard InChI is InChI=1S/C17H19FN4OS/c1-17(2,3)15(23)19-8-7-13-10-24-16-20-14(21-22(13)16)11-5-4-6-12(18)9-11/h4-6,9-10H,7-8H2,1-3H3,(H,19,23). The number of benzene rings is 1. The van der Waals surface area contributed by atoms with Gasteiger partial charge in [-0.1, -0.05) is 32.9 Å². The summed E-state index contributed by atoms with van der Waals surface area (Å²) in [6.45, 7) is 6.19. The van der Waals surface area contributed by atoms with Crippen molar-refractivity contribution in [2.24, 2.45) is 5.41 Å². The molecule has 0 aliphatic carbocycles. The number of fused-ring (bicyclic) bond motifs is 1. The first-order valence-electron chi connectivity index (χ1n) is 7.72. The predicted molar refractivity (Wildman–Crippen MR) is 92.4 cm³/mol. The molecule has 0 radical (unpaired) electrons. The Morgan fingerprint density at radius 2 is 2.17 bits per heavy atom. The van der Waals surface area contributed by atoms with Gasteiger partial charge in [0.05, 0.1) is 5.69 Å². The first-order valence-corrected chi connectivity index (χ1v) is 8.60. The lowest BCUT2D eigenvalue weighted by molar-refractivity contribution is -0.128. The highest BCUT2D eigenvalue weighted by Crippen LogP contribution is 2.21. The van der Waals surface area contributed by atoms with E-state index in [0.717, 1.165) is 10.7 Å². The number of nitrogens with one attached hydrogen (secondary N) is 1. The van der Waals surface area contributed by atoms with E-state index < -0.39 is 5.41 Å². The maximum absolute atomic E-state index is 13.4. The van der Waals surface area contributed by atoms with Crippen molar-refractivity contribution in [3.63, 3.8) is 0 Å². The summed E-state index contributed by atoms with van der Waals surface area (Å²) < 4.78 is 15.1. The first-order chi connectivity index (χ1) is 11.3. The van der Waals surface area contributed by atoms with Gasteiger partial charge in [-0.25, -0.2) is 8.91 Å². The van der Waals surface area contributed by atoms with E-state index in [1.807, 2.05) is 26.2 Å². The average molecular weight is 346 g/mol. The van der Waals surface area contributed by atoms with Gasteiger partial charge in [0.25, 0.3) is 0 Å². The number of amides is 1. The molecule has 3 aromatic rings. The Morgan fingerprint density at radius 3 is 2.88 bits per heavy atom. The number of hydrogen-bond donors (Lipinski definition) is 1. The van der Waals surface area contributed by atoms with E-state index >= 15 is 0 Å². The molecule has 126 valence electrons. The van der Waals surface area contributed by atoms with E-state index in [1.165, 1.54) is 23.5 Å². The monoisotopic (exact) mass is 346 g/mol.